The van der Waals surface area contributed by atoms with E-state index in [1.54, 1.807) is 36.2 Å². The molecule has 6 nitrogen and oxygen atoms in total. The molecule has 1 fully saturated rings. The lowest BCUT2D eigenvalue weighted by atomic mass is 10.1. The maximum Gasteiger partial charge on any atom is 0.306 e. The van der Waals surface area contributed by atoms with E-state index < -0.39 is 5.97 Å². The van der Waals surface area contributed by atoms with Crippen LogP contribution in [0.4, 0.5) is 0 Å². The van der Waals surface area contributed by atoms with Gasteiger partial charge in [0.25, 0.3) is 11.8 Å². The molecular weight excluding hydrogens is 296 g/mol. The van der Waals surface area contributed by atoms with Gasteiger partial charge < -0.3 is 15.3 Å². The van der Waals surface area contributed by atoms with Gasteiger partial charge in [0.15, 0.2) is 0 Å². The number of nitrogens with zero attached hydrogens (tertiary/aromatic N) is 1. The molecule has 1 aliphatic rings. The topological polar surface area (TPSA) is 86.7 Å². The Balaban J connectivity index is 2.03. The van der Waals surface area contributed by atoms with Crippen molar-refractivity contribution >= 4 is 17.8 Å². The zero-order valence-corrected chi connectivity index (χ0v) is 13.4. The van der Waals surface area contributed by atoms with Crippen LogP contribution in [0.1, 0.15) is 46.9 Å². The minimum Gasteiger partial charge on any atom is -0.481 e. The monoisotopic (exact) mass is 318 g/mol. The van der Waals surface area contributed by atoms with Gasteiger partial charge in [0.1, 0.15) is 0 Å². The molecule has 0 saturated heterocycles. The van der Waals surface area contributed by atoms with Crippen molar-refractivity contribution < 1.29 is 19.5 Å². The van der Waals surface area contributed by atoms with Crippen molar-refractivity contribution in [1.29, 1.82) is 0 Å². The van der Waals surface area contributed by atoms with E-state index in [0.717, 1.165) is 0 Å². The fourth-order valence-corrected chi connectivity index (χ4v) is 2.76. The molecule has 0 heterocycles. The normalized spacial score (nSPS) is 20.1. The van der Waals surface area contributed by atoms with E-state index in [9.17, 15) is 14.4 Å². The Labute approximate surface area is 135 Å². The van der Waals surface area contributed by atoms with E-state index >= 15 is 0 Å². The quantitative estimate of drug-likeness (QED) is 0.866. The highest BCUT2D eigenvalue weighted by Gasteiger charge is 2.30. The fourth-order valence-electron chi connectivity index (χ4n) is 2.76. The van der Waals surface area contributed by atoms with E-state index in [1.807, 2.05) is 6.92 Å². The molecule has 0 aliphatic heterocycles. The van der Waals surface area contributed by atoms with E-state index in [1.165, 1.54) is 0 Å². The molecule has 1 aromatic carbocycles. The number of amides is 2. The van der Waals surface area contributed by atoms with Crippen LogP contribution in [0.2, 0.25) is 0 Å². The van der Waals surface area contributed by atoms with Gasteiger partial charge in [-0.15, -0.1) is 0 Å². The number of carboxylic acid groups (broad SMARTS) is 1. The van der Waals surface area contributed by atoms with Crippen molar-refractivity contribution in [3.05, 3.63) is 35.4 Å². The lowest BCUT2D eigenvalue weighted by Gasteiger charge is -2.16. The third-order valence-electron chi connectivity index (χ3n) is 4.31. The molecule has 0 aromatic heterocycles. The van der Waals surface area contributed by atoms with Crippen LogP contribution >= 0.6 is 0 Å². The standard InChI is InChI=1S/C17H22N2O4/c1-3-19(2)16(21)12-6-4-5-11(9-12)15(20)18-14-8-7-13(10-14)17(22)23/h4-6,9,13-14H,3,7-8,10H2,1-2H3,(H,18,20)(H,22,23)/t13-,14+/m1/s1. The van der Waals surface area contributed by atoms with Crippen LogP contribution in [0.15, 0.2) is 24.3 Å². The molecule has 124 valence electrons. The summed E-state index contributed by atoms with van der Waals surface area (Å²) in [5, 5.41) is 11.9. The Morgan fingerprint density at radius 1 is 1.26 bits per heavy atom. The predicted octanol–water partition coefficient (Wildman–Crippen LogP) is 1.76. The molecule has 0 radical (unpaired) electrons. The number of carboxylic acids is 1. The van der Waals surface area contributed by atoms with E-state index in [0.29, 0.717) is 36.9 Å². The summed E-state index contributed by atoms with van der Waals surface area (Å²) in [6, 6.07) is 6.47. The molecule has 2 amide bonds. The summed E-state index contributed by atoms with van der Waals surface area (Å²) in [5.74, 6) is -1.59. The Bertz CT molecular complexity index is 614. The average Bonchev–Trinajstić information content (AvgIpc) is 3.02. The molecule has 2 atom stereocenters. The van der Waals surface area contributed by atoms with Gasteiger partial charge in [-0.1, -0.05) is 6.07 Å². The highest BCUT2D eigenvalue weighted by Crippen LogP contribution is 2.25. The van der Waals surface area contributed by atoms with Crippen LogP contribution in [-0.4, -0.2) is 47.4 Å². The third kappa shape index (κ3) is 4.09. The maximum absolute atomic E-state index is 12.3. The first-order valence-electron chi connectivity index (χ1n) is 7.81. The van der Waals surface area contributed by atoms with Crippen molar-refractivity contribution in [1.82, 2.24) is 10.2 Å². The summed E-state index contributed by atoms with van der Waals surface area (Å²) in [5.41, 5.74) is 0.885. The second kappa shape index (κ2) is 7.26. The molecule has 0 spiro atoms. The predicted molar refractivity (Wildman–Crippen MR) is 85.3 cm³/mol. The largest absolute Gasteiger partial charge is 0.481 e. The Morgan fingerprint density at radius 3 is 2.57 bits per heavy atom. The molecule has 1 aromatic rings. The van der Waals surface area contributed by atoms with Gasteiger partial charge in [0, 0.05) is 30.8 Å². The summed E-state index contributed by atoms with van der Waals surface area (Å²) in [4.78, 5) is 37.0. The minimum absolute atomic E-state index is 0.124. The van der Waals surface area contributed by atoms with Crippen molar-refractivity contribution in [2.45, 2.75) is 32.2 Å². The van der Waals surface area contributed by atoms with Gasteiger partial charge in [-0.25, -0.2) is 0 Å². The third-order valence-corrected chi connectivity index (χ3v) is 4.31. The maximum atomic E-state index is 12.3. The number of carbonyl (C=O) groups excluding carboxylic acids is 2. The molecule has 6 heteroatoms. The molecule has 2 N–H and O–H groups in total. The Kier molecular flexibility index (Phi) is 5.36. The average molecular weight is 318 g/mol. The number of aliphatic carboxylic acids is 1. The van der Waals surface area contributed by atoms with E-state index in [4.69, 9.17) is 5.11 Å². The number of rotatable bonds is 5. The number of hydrogen-bond donors (Lipinski definition) is 2. The summed E-state index contributed by atoms with van der Waals surface area (Å²) >= 11 is 0. The van der Waals surface area contributed by atoms with Crippen LogP contribution in [0.5, 0.6) is 0 Å². The van der Waals surface area contributed by atoms with Gasteiger partial charge in [0.2, 0.25) is 0 Å². The number of hydrogen-bond acceptors (Lipinski definition) is 3. The van der Waals surface area contributed by atoms with Crippen molar-refractivity contribution in [3.8, 4) is 0 Å². The van der Waals surface area contributed by atoms with Crippen LogP contribution in [0.3, 0.4) is 0 Å². The fraction of sp³-hybridized carbons (Fsp3) is 0.471. The smallest absolute Gasteiger partial charge is 0.306 e. The van der Waals surface area contributed by atoms with Crippen LogP contribution in [0.25, 0.3) is 0 Å². The lowest BCUT2D eigenvalue weighted by Crippen LogP contribution is -2.33. The highest BCUT2D eigenvalue weighted by molar-refractivity contribution is 5.99. The Morgan fingerprint density at radius 2 is 1.96 bits per heavy atom. The van der Waals surface area contributed by atoms with Gasteiger partial charge in [0.05, 0.1) is 5.92 Å². The highest BCUT2D eigenvalue weighted by atomic mass is 16.4. The molecular formula is C17H22N2O4. The molecule has 0 bridgehead atoms. The van der Waals surface area contributed by atoms with Crippen molar-refractivity contribution in [2.75, 3.05) is 13.6 Å². The minimum atomic E-state index is -0.808. The first-order valence-corrected chi connectivity index (χ1v) is 7.81. The molecule has 0 unspecified atom stereocenters. The number of carbonyl (C=O) groups is 3. The summed E-state index contributed by atoms with van der Waals surface area (Å²) in [6.45, 7) is 2.47. The van der Waals surface area contributed by atoms with Gasteiger partial charge >= 0.3 is 5.97 Å². The summed E-state index contributed by atoms with van der Waals surface area (Å²) < 4.78 is 0. The van der Waals surface area contributed by atoms with E-state index in [-0.39, 0.29) is 23.8 Å². The first kappa shape index (κ1) is 17.0. The summed E-state index contributed by atoms with van der Waals surface area (Å²) in [7, 11) is 1.71. The lowest BCUT2D eigenvalue weighted by molar-refractivity contribution is -0.141. The Hall–Kier alpha value is -2.37. The number of benzene rings is 1. The molecule has 1 aliphatic carbocycles. The molecule has 2 rings (SSSR count). The second-order valence-electron chi connectivity index (χ2n) is 5.92. The van der Waals surface area contributed by atoms with Gasteiger partial charge in [-0.05, 0) is 44.4 Å². The second-order valence-corrected chi connectivity index (χ2v) is 5.92. The van der Waals surface area contributed by atoms with Crippen LogP contribution in [-0.2, 0) is 4.79 Å². The summed E-state index contributed by atoms with van der Waals surface area (Å²) in [6.07, 6.45) is 1.71. The molecule has 1 saturated carbocycles. The number of nitrogens with one attached hydrogen (secondary N) is 1. The van der Waals surface area contributed by atoms with Crippen molar-refractivity contribution in [2.24, 2.45) is 5.92 Å². The van der Waals surface area contributed by atoms with Crippen LogP contribution in [0, 0.1) is 5.92 Å². The first-order chi connectivity index (χ1) is 10.9. The zero-order valence-electron chi connectivity index (χ0n) is 13.4. The van der Waals surface area contributed by atoms with Gasteiger partial charge in [-0.3, -0.25) is 14.4 Å². The van der Waals surface area contributed by atoms with E-state index in [2.05, 4.69) is 5.32 Å². The zero-order chi connectivity index (χ0) is 17.0. The van der Waals surface area contributed by atoms with Gasteiger partial charge in [-0.2, -0.15) is 0 Å². The SMILES string of the molecule is CCN(C)C(=O)c1cccc(C(=O)N[C@H]2CC[C@@H](C(=O)O)C2)c1. The van der Waals surface area contributed by atoms with Crippen LogP contribution < -0.4 is 5.32 Å². The molecule has 23 heavy (non-hydrogen) atoms. The van der Waals surface area contributed by atoms with Crippen molar-refractivity contribution in [3.63, 3.8) is 0 Å².